The van der Waals surface area contributed by atoms with Gasteiger partial charge >= 0.3 is 5.69 Å². The Morgan fingerprint density at radius 2 is 1.50 bits per heavy atom. The van der Waals surface area contributed by atoms with Crippen LogP contribution < -0.4 is 0 Å². The lowest BCUT2D eigenvalue weighted by molar-refractivity contribution is -0.232. The Balaban J connectivity index is 0. The largest absolute Gasteiger partial charge is 0.334 e. The van der Waals surface area contributed by atoms with E-state index in [4.69, 9.17) is 20.9 Å². The van der Waals surface area contributed by atoms with Crippen molar-refractivity contribution in [1.82, 2.24) is 4.90 Å². The van der Waals surface area contributed by atoms with Gasteiger partial charge in [-0.3, -0.25) is 0 Å². The van der Waals surface area contributed by atoms with E-state index in [1.54, 1.807) is 13.8 Å². The molecule has 1 atom stereocenters. The van der Waals surface area contributed by atoms with Crippen LogP contribution >= 0.6 is 17.4 Å². The highest BCUT2D eigenvalue weighted by Crippen LogP contribution is 2.57. The van der Waals surface area contributed by atoms with E-state index in [0.717, 1.165) is 11.7 Å². The van der Waals surface area contributed by atoms with E-state index in [9.17, 15) is 4.89 Å². The number of hydrogen-bond donors (Lipinski definition) is 1. The van der Waals surface area contributed by atoms with Crippen LogP contribution in [0.4, 0.5) is 0 Å². The molecule has 0 aliphatic heterocycles. The van der Waals surface area contributed by atoms with Gasteiger partial charge in [-0.05, 0) is 59.1 Å². The van der Waals surface area contributed by atoms with Crippen molar-refractivity contribution in [3.05, 3.63) is 0 Å². The third-order valence-corrected chi connectivity index (χ3v) is 4.67. The molecule has 0 aliphatic carbocycles. The van der Waals surface area contributed by atoms with E-state index in [1.807, 2.05) is 13.8 Å². The van der Waals surface area contributed by atoms with Crippen molar-refractivity contribution in [1.29, 1.82) is 0 Å². The molecule has 0 aromatic heterocycles. The molecular weight excluding hydrogens is 317 g/mol. The van der Waals surface area contributed by atoms with Crippen LogP contribution in [0.3, 0.4) is 0 Å². The number of hydrogen-bond acceptors (Lipinski definition) is 6. The van der Waals surface area contributed by atoms with Gasteiger partial charge in [0.1, 0.15) is 0 Å². The molecule has 0 fully saturated rings. The third-order valence-electron chi connectivity index (χ3n) is 2.00. The SMILES string of the molecule is CC(C)OOP(O)(=S)SOC(C)C.CCN(CC)CC. The van der Waals surface area contributed by atoms with Gasteiger partial charge in [-0.1, -0.05) is 20.8 Å². The molecule has 0 amide bonds. The van der Waals surface area contributed by atoms with Crippen molar-refractivity contribution in [3.8, 4) is 0 Å². The summed E-state index contributed by atoms with van der Waals surface area (Å²) in [6, 6.07) is 0. The molecule has 0 radical (unpaired) electrons. The van der Waals surface area contributed by atoms with Crippen LogP contribution in [0.15, 0.2) is 0 Å². The molecular formula is C12H30NO4PS2. The molecule has 0 aromatic rings. The van der Waals surface area contributed by atoms with Crippen molar-refractivity contribution in [2.24, 2.45) is 0 Å². The molecule has 0 saturated heterocycles. The Kier molecular flexibility index (Phi) is 15.5. The monoisotopic (exact) mass is 347 g/mol. The molecule has 0 aliphatic rings. The smallest absolute Gasteiger partial charge is 0.302 e. The van der Waals surface area contributed by atoms with E-state index in [-0.39, 0.29) is 12.2 Å². The maximum atomic E-state index is 9.43. The van der Waals surface area contributed by atoms with Crippen LogP contribution in [0, 0.1) is 0 Å². The van der Waals surface area contributed by atoms with Gasteiger partial charge in [0.05, 0.1) is 23.9 Å². The van der Waals surface area contributed by atoms with Crippen molar-refractivity contribution in [3.63, 3.8) is 0 Å². The predicted molar refractivity (Wildman–Crippen MR) is 91.1 cm³/mol. The molecule has 1 unspecified atom stereocenters. The molecule has 0 rings (SSSR count). The molecule has 0 heterocycles. The fourth-order valence-corrected chi connectivity index (χ4v) is 3.00. The third kappa shape index (κ3) is 16.9. The Morgan fingerprint density at radius 3 is 1.75 bits per heavy atom. The summed E-state index contributed by atoms with van der Waals surface area (Å²) in [5.74, 6) is 0. The molecule has 124 valence electrons. The lowest BCUT2D eigenvalue weighted by Gasteiger charge is -2.15. The first kappa shape index (κ1) is 23.1. The lowest BCUT2D eigenvalue weighted by Crippen LogP contribution is -2.21. The highest BCUT2D eigenvalue weighted by Gasteiger charge is 2.19. The second-order valence-electron chi connectivity index (χ2n) is 4.53. The molecule has 0 bridgehead atoms. The summed E-state index contributed by atoms with van der Waals surface area (Å²) in [6.07, 6.45) is -0.142. The Labute approximate surface area is 133 Å². The second-order valence-corrected chi connectivity index (χ2v) is 10.1. The van der Waals surface area contributed by atoms with Crippen LogP contribution in [-0.4, -0.2) is 41.6 Å². The molecule has 0 spiro atoms. The molecule has 1 N–H and O–H groups in total. The predicted octanol–water partition coefficient (Wildman–Crippen LogP) is 3.98. The van der Waals surface area contributed by atoms with Gasteiger partial charge in [0.2, 0.25) is 0 Å². The summed E-state index contributed by atoms with van der Waals surface area (Å²) in [5, 5.41) is 0. The minimum absolute atomic E-state index is 0.0119. The van der Waals surface area contributed by atoms with E-state index < -0.39 is 5.69 Å². The minimum Gasteiger partial charge on any atom is -0.334 e. The zero-order valence-electron chi connectivity index (χ0n) is 13.7. The first-order chi connectivity index (χ1) is 9.18. The van der Waals surface area contributed by atoms with Gasteiger partial charge < -0.3 is 14.0 Å². The molecule has 0 aromatic carbocycles. The minimum atomic E-state index is -2.99. The fraction of sp³-hybridized carbons (Fsp3) is 1.00. The molecule has 20 heavy (non-hydrogen) atoms. The maximum absolute atomic E-state index is 9.43. The molecule has 5 nitrogen and oxygen atoms in total. The van der Waals surface area contributed by atoms with Crippen LogP contribution in [0.25, 0.3) is 0 Å². The normalized spacial score (nSPS) is 14.3. The summed E-state index contributed by atoms with van der Waals surface area (Å²) in [7, 11) is 0. The average molecular weight is 347 g/mol. The maximum Gasteiger partial charge on any atom is 0.302 e. The summed E-state index contributed by atoms with van der Waals surface area (Å²) >= 11 is 5.50. The topological polar surface area (TPSA) is 51.2 Å². The van der Waals surface area contributed by atoms with E-state index in [1.165, 1.54) is 19.6 Å². The first-order valence-corrected chi connectivity index (χ1v) is 11.0. The Bertz CT molecular complexity index is 242. The van der Waals surface area contributed by atoms with Gasteiger partial charge in [0.25, 0.3) is 0 Å². The van der Waals surface area contributed by atoms with Crippen molar-refractivity contribution in [2.75, 3.05) is 19.6 Å². The zero-order valence-corrected chi connectivity index (χ0v) is 16.2. The highest BCUT2D eigenvalue weighted by atomic mass is 32.9. The summed E-state index contributed by atoms with van der Waals surface area (Å²) in [4.78, 5) is 16.5. The second kappa shape index (κ2) is 13.5. The summed E-state index contributed by atoms with van der Waals surface area (Å²) in [6.45, 7) is 17.4. The van der Waals surface area contributed by atoms with Gasteiger partial charge in [0.15, 0.2) is 0 Å². The fourth-order valence-electron chi connectivity index (χ4n) is 0.964. The van der Waals surface area contributed by atoms with Crippen LogP contribution in [0.2, 0.25) is 0 Å². The number of nitrogens with zero attached hydrogens (tertiary/aromatic N) is 1. The summed E-state index contributed by atoms with van der Waals surface area (Å²) in [5.41, 5.74) is -2.99. The Hall–Kier alpha value is 0.800. The van der Waals surface area contributed by atoms with Crippen molar-refractivity contribution in [2.45, 2.75) is 60.7 Å². The van der Waals surface area contributed by atoms with Crippen molar-refractivity contribution >= 4 is 29.2 Å². The Morgan fingerprint density at radius 1 is 1.05 bits per heavy atom. The van der Waals surface area contributed by atoms with Gasteiger partial charge in [0, 0.05) is 0 Å². The molecule has 0 saturated carbocycles. The van der Waals surface area contributed by atoms with Gasteiger partial charge in [-0.25, -0.2) is 4.89 Å². The average Bonchev–Trinajstić information content (AvgIpc) is 2.37. The van der Waals surface area contributed by atoms with Crippen LogP contribution in [-0.2, 0) is 25.6 Å². The standard InChI is InChI=1S/C6H15N.C6H15O4PS2/c1-4-7(5-2)6-3;1-5(2)8-10-11(7,12)13-9-6(3)4/h4-6H2,1-3H3;5-6H,1-4H3,(H,7,12). The quantitative estimate of drug-likeness (QED) is 0.293. The van der Waals surface area contributed by atoms with E-state index in [2.05, 4.69) is 30.3 Å². The first-order valence-electron chi connectivity index (χ1n) is 6.93. The molecule has 8 heteroatoms. The van der Waals surface area contributed by atoms with E-state index in [0.29, 0.717) is 0 Å². The van der Waals surface area contributed by atoms with E-state index >= 15 is 0 Å². The van der Waals surface area contributed by atoms with Crippen LogP contribution in [0.5, 0.6) is 0 Å². The lowest BCUT2D eigenvalue weighted by atomic mass is 10.5. The van der Waals surface area contributed by atoms with Crippen molar-refractivity contribution < 1.29 is 18.6 Å². The zero-order chi connectivity index (χ0) is 16.2. The highest BCUT2D eigenvalue weighted by molar-refractivity contribution is 8.65. The number of rotatable bonds is 9. The summed E-state index contributed by atoms with van der Waals surface area (Å²) < 4.78 is 9.71. The van der Waals surface area contributed by atoms with Gasteiger partial charge in [-0.15, -0.1) is 0 Å². The van der Waals surface area contributed by atoms with Gasteiger partial charge in [-0.2, -0.15) is 4.67 Å². The van der Waals surface area contributed by atoms with Crippen LogP contribution in [0.1, 0.15) is 48.5 Å².